The summed E-state index contributed by atoms with van der Waals surface area (Å²) in [6.07, 6.45) is 7.38. The fourth-order valence-electron chi connectivity index (χ4n) is 2.90. The second-order valence-corrected chi connectivity index (χ2v) is 5.38. The molecule has 1 aliphatic heterocycles. The number of H-pyrrole nitrogens is 1. The second-order valence-electron chi connectivity index (χ2n) is 5.38. The number of aromatic nitrogens is 4. The SMILES string of the molecule is Cl.O=c1[nH]c(N2CCCC2)nc2nccc(-c3ccncc3)c12. The van der Waals surface area contributed by atoms with Crippen molar-refractivity contribution in [1.29, 1.82) is 0 Å². The molecule has 0 aliphatic carbocycles. The third kappa shape index (κ3) is 2.77. The van der Waals surface area contributed by atoms with Gasteiger partial charge in [0.1, 0.15) is 0 Å². The van der Waals surface area contributed by atoms with Crippen LogP contribution in [0.2, 0.25) is 0 Å². The first-order valence-corrected chi connectivity index (χ1v) is 7.37. The molecule has 0 bridgehead atoms. The average molecular weight is 330 g/mol. The van der Waals surface area contributed by atoms with Crippen molar-refractivity contribution in [2.45, 2.75) is 12.8 Å². The zero-order chi connectivity index (χ0) is 14.9. The van der Waals surface area contributed by atoms with Crippen LogP contribution in [0.15, 0.2) is 41.6 Å². The lowest BCUT2D eigenvalue weighted by Gasteiger charge is -2.16. The van der Waals surface area contributed by atoms with Crippen LogP contribution in [0.5, 0.6) is 0 Å². The van der Waals surface area contributed by atoms with Gasteiger partial charge in [0.15, 0.2) is 5.65 Å². The van der Waals surface area contributed by atoms with Crippen LogP contribution in [0.1, 0.15) is 12.8 Å². The standard InChI is InChI=1S/C16H15N5O.ClH/c22-15-13-12(11-3-6-17-7-4-11)5-8-18-14(13)19-16(20-15)21-9-1-2-10-21;/h3-8H,1-2,9-10H2,(H,18,19,20,22);1H. The molecule has 0 radical (unpaired) electrons. The molecule has 0 spiro atoms. The molecule has 23 heavy (non-hydrogen) atoms. The highest BCUT2D eigenvalue weighted by Crippen LogP contribution is 2.24. The first kappa shape index (κ1) is 15.4. The van der Waals surface area contributed by atoms with E-state index in [0.29, 0.717) is 17.0 Å². The van der Waals surface area contributed by atoms with Crippen molar-refractivity contribution in [3.05, 3.63) is 47.1 Å². The molecule has 7 heteroatoms. The van der Waals surface area contributed by atoms with E-state index in [1.54, 1.807) is 18.6 Å². The summed E-state index contributed by atoms with van der Waals surface area (Å²) < 4.78 is 0. The first-order valence-electron chi connectivity index (χ1n) is 7.37. The van der Waals surface area contributed by atoms with Crippen molar-refractivity contribution in [1.82, 2.24) is 19.9 Å². The largest absolute Gasteiger partial charge is 0.342 e. The summed E-state index contributed by atoms with van der Waals surface area (Å²) in [6.45, 7) is 1.86. The van der Waals surface area contributed by atoms with Crippen LogP contribution in [-0.4, -0.2) is 33.0 Å². The molecule has 0 aromatic carbocycles. The van der Waals surface area contributed by atoms with Gasteiger partial charge in [-0.3, -0.25) is 14.8 Å². The van der Waals surface area contributed by atoms with Gasteiger partial charge in [-0.15, -0.1) is 12.4 Å². The fraction of sp³-hybridized carbons (Fsp3) is 0.250. The summed E-state index contributed by atoms with van der Waals surface area (Å²) in [5.41, 5.74) is 2.10. The van der Waals surface area contributed by atoms with E-state index in [1.165, 1.54) is 0 Å². The molecule has 4 heterocycles. The third-order valence-electron chi connectivity index (χ3n) is 3.99. The van der Waals surface area contributed by atoms with Gasteiger partial charge in [0, 0.05) is 31.7 Å². The first-order chi connectivity index (χ1) is 10.8. The molecule has 1 fully saturated rings. The predicted molar refractivity (Wildman–Crippen MR) is 92.1 cm³/mol. The number of hydrogen-bond donors (Lipinski definition) is 1. The molecule has 6 nitrogen and oxygen atoms in total. The van der Waals surface area contributed by atoms with Crippen molar-refractivity contribution in [2.75, 3.05) is 18.0 Å². The summed E-state index contributed by atoms with van der Waals surface area (Å²) in [5, 5.41) is 0.525. The Labute approximate surface area is 139 Å². The van der Waals surface area contributed by atoms with Crippen LogP contribution >= 0.6 is 12.4 Å². The van der Waals surface area contributed by atoms with Gasteiger partial charge in [-0.25, -0.2) is 4.98 Å². The number of halogens is 1. The zero-order valence-electron chi connectivity index (χ0n) is 12.4. The number of anilines is 1. The van der Waals surface area contributed by atoms with Gasteiger partial charge < -0.3 is 4.90 Å². The van der Waals surface area contributed by atoms with Gasteiger partial charge >= 0.3 is 0 Å². The Hall–Kier alpha value is -2.47. The van der Waals surface area contributed by atoms with Crippen molar-refractivity contribution in [2.24, 2.45) is 0 Å². The Morgan fingerprint density at radius 2 is 1.78 bits per heavy atom. The molecular weight excluding hydrogens is 314 g/mol. The topological polar surface area (TPSA) is 74.8 Å². The minimum atomic E-state index is -0.146. The van der Waals surface area contributed by atoms with Gasteiger partial charge in [0.05, 0.1) is 5.39 Å². The minimum absolute atomic E-state index is 0. The lowest BCUT2D eigenvalue weighted by atomic mass is 10.1. The number of nitrogens with zero attached hydrogens (tertiary/aromatic N) is 4. The van der Waals surface area contributed by atoms with Gasteiger partial charge in [-0.05, 0) is 42.2 Å². The molecule has 0 unspecified atom stereocenters. The van der Waals surface area contributed by atoms with E-state index in [1.807, 2.05) is 18.2 Å². The maximum Gasteiger partial charge on any atom is 0.262 e. The van der Waals surface area contributed by atoms with Crippen LogP contribution < -0.4 is 10.5 Å². The van der Waals surface area contributed by atoms with E-state index in [4.69, 9.17) is 0 Å². The molecule has 0 saturated carbocycles. The highest BCUT2D eigenvalue weighted by Gasteiger charge is 2.17. The Kier molecular flexibility index (Phi) is 4.25. The number of nitrogens with one attached hydrogen (secondary N) is 1. The molecular formula is C16H16ClN5O. The smallest absolute Gasteiger partial charge is 0.262 e. The van der Waals surface area contributed by atoms with Crippen molar-refractivity contribution in [3.8, 4) is 11.1 Å². The Bertz CT molecular complexity index is 875. The quantitative estimate of drug-likeness (QED) is 0.781. The van der Waals surface area contributed by atoms with Crippen LogP contribution in [0, 0.1) is 0 Å². The molecule has 1 N–H and O–H groups in total. The summed E-state index contributed by atoms with van der Waals surface area (Å²) >= 11 is 0. The molecule has 3 aromatic rings. The summed E-state index contributed by atoms with van der Waals surface area (Å²) in [5.74, 6) is 0.620. The van der Waals surface area contributed by atoms with Crippen LogP contribution in [0.3, 0.4) is 0 Å². The Morgan fingerprint density at radius 3 is 2.52 bits per heavy atom. The van der Waals surface area contributed by atoms with Crippen molar-refractivity contribution >= 4 is 29.4 Å². The van der Waals surface area contributed by atoms with Crippen LogP contribution in [0.4, 0.5) is 5.95 Å². The van der Waals surface area contributed by atoms with Crippen LogP contribution in [0.25, 0.3) is 22.2 Å². The molecule has 1 saturated heterocycles. The normalized spacial score (nSPS) is 14.0. The molecule has 118 valence electrons. The second kappa shape index (κ2) is 6.34. The predicted octanol–water partition coefficient (Wildman–Crippen LogP) is 2.40. The van der Waals surface area contributed by atoms with E-state index in [0.717, 1.165) is 37.1 Å². The monoisotopic (exact) mass is 329 g/mol. The molecule has 0 atom stereocenters. The van der Waals surface area contributed by atoms with E-state index >= 15 is 0 Å². The molecule has 1 aliphatic rings. The maximum atomic E-state index is 12.6. The maximum absolute atomic E-state index is 12.6. The van der Waals surface area contributed by atoms with Crippen molar-refractivity contribution < 1.29 is 0 Å². The number of rotatable bonds is 2. The third-order valence-corrected chi connectivity index (χ3v) is 3.99. The van der Waals surface area contributed by atoms with E-state index in [2.05, 4.69) is 24.8 Å². The Morgan fingerprint density at radius 1 is 1.04 bits per heavy atom. The zero-order valence-corrected chi connectivity index (χ0v) is 13.2. The number of pyridine rings is 2. The molecule has 3 aromatic heterocycles. The number of aromatic amines is 1. The van der Waals surface area contributed by atoms with E-state index < -0.39 is 0 Å². The number of fused-ring (bicyclic) bond motifs is 1. The number of hydrogen-bond acceptors (Lipinski definition) is 5. The fourth-order valence-corrected chi connectivity index (χ4v) is 2.90. The highest BCUT2D eigenvalue weighted by atomic mass is 35.5. The van der Waals surface area contributed by atoms with Gasteiger partial charge in [0.2, 0.25) is 5.95 Å². The van der Waals surface area contributed by atoms with Gasteiger partial charge in [-0.1, -0.05) is 0 Å². The summed E-state index contributed by atoms with van der Waals surface area (Å²) in [6, 6.07) is 5.59. The Balaban J connectivity index is 0.00000156. The molecule has 0 amide bonds. The van der Waals surface area contributed by atoms with Crippen molar-refractivity contribution in [3.63, 3.8) is 0 Å². The average Bonchev–Trinajstić information content (AvgIpc) is 3.09. The highest BCUT2D eigenvalue weighted by molar-refractivity contribution is 5.92. The lowest BCUT2D eigenvalue weighted by molar-refractivity contribution is 0.897. The van der Waals surface area contributed by atoms with Gasteiger partial charge in [0.25, 0.3) is 5.56 Å². The van der Waals surface area contributed by atoms with Gasteiger partial charge in [-0.2, -0.15) is 4.98 Å². The van der Waals surface area contributed by atoms with E-state index in [9.17, 15) is 4.79 Å². The lowest BCUT2D eigenvalue weighted by Crippen LogP contribution is -2.24. The van der Waals surface area contributed by atoms with Crippen LogP contribution in [-0.2, 0) is 0 Å². The summed E-state index contributed by atoms with van der Waals surface area (Å²) in [7, 11) is 0. The summed E-state index contributed by atoms with van der Waals surface area (Å²) in [4.78, 5) is 30.4. The van der Waals surface area contributed by atoms with E-state index in [-0.39, 0.29) is 18.0 Å². The minimum Gasteiger partial charge on any atom is -0.342 e. The molecule has 4 rings (SSSR count).